The number of anilines is 2. The molecule has 2 aliphatic carbocycles. The Morgan fingerprint density at radius 2 is 1.86 bits per heavy atom. The van der Waals surface area contributed by atoms with Crippen LogP contribution in [0.25, 0.3) is 0 Å². The van der Waals surface area contributed by atoms with Gasteiger partial charge in [0.2, 0.25) is 0 Å². The summed E-state index contributed by atoms with van der Waals surface area (Å²) in [5.74, 6) is -0.454. The second-order valence-electron chi connectivity index (χ2n) is 9.15. The lowest BCUT2D eigenvalue weighted by molar-refractivity contribution is -0.117. The summed E-state index contributed by atoms with van der Waals surface area (Å²) in [5, 5.41) is 14.9. The van der Waals surface area contributed by atoms with Crippen LogP contribution in [0.1, 0.15) is 76.1 Å². The molecule has 0 saturated heterocycles. The Bertz CT molecular complexity index is 864. The van der Waals surface area contributed by atoms with Crippen LogP contribution in [-0.4, -0.2) is 23.4 Å². The molecule has 3 rings (SSSR count). The molecule has 0 spiro atoms. The first-order valence-corrected chi connectivity index (χ1v) is 10.5. The number of hydrogen-bond acceptors (Lipinski definition) is 5. The topological polar surface area (TPSA) is 108 Å². The van der Waals surface area contributed by atoms with Gasteiger partial charge in [-0.2, -0.15) is 0 Å². The molecule has 5 N–H and O–H groups in total. The van der Waals surface area contributed by atoms with Crippen LogP contribution in [0.2, 0.25) is 0 Å². The first-order valence-electron chi connectivity index (χ1n) is 10.5. The number of nitrogens with two attached hydrogens (primary N) is 1. The van der Waals surface area contributed by atoms with Crippen LogP contribution in [0.15, 0.2) is 29.5 Å². The number of benzene rings is 1. The molecule has 6 nitrogen and oxygen atoms in total. The predicted octanol–water partition coefficient (Wildman–Crippen LogP) is 4.62. The first kappa shape index (κ1) is 21.1. The lowest BCUT2D eigenvalue weighted by Gasteiger charge is -2.32. The highest BCUT2D eigenvalue weighted by atomic mass is 16.1. The van der Waals surface area contributed by atoms with Gasteiger partial charge in [0.25, 0.3) is 5.91 Å². The molecule has 1 saturated carbocycles. The van der Waals surface area contributed by atoms with E-state index in [1.165, 1.54) is 19.3 Å². The van der Waals surface area contributed by atoms with Crippen molar-refractivity contribution in [3.05, 3.63) is 35.0 Å². The van der Waals surface area contributed by atoms with Crippen LogP contribution in [0, 0.1) is 10.8 Å². The Kier molecular flexibility index (Phi) is 6.10. The second kappa shape index (κ2) is 8.39. The normalized spacial score (nSPS) is 19.8. The summed E-state index contributed by atoms with van der Waals surface area (Å²) < 4.78 is 0. The zero-order valence-corrected chi connectivity index (χ0v) is 17.7. The largest absolute Gasteiger partial charge is 0.382 e. The van der Waals surface area contributed by atoms with Gasteiger partial charge in [-0.25, -0.2) is 0 Å². The molecule has 156 valence electrons. The van der Waals surface area contributed by atoms with E-state index in [1.54, 1.807) is 13.0 Å². The Morgan fingerprint density at radius 3 is 2.48 bits per heavy atom. The van der Waals surface area contributed by atoms with Gasteiger partial charge in [-0.1, -0.05) is 33.1 Å². The van der Waals surface area contributed by atoms with Gasteiger partial charge in [0.05, 0.1) is 11.1 Å². The van der Waals surface area contributed by atoms with E-state index < -0.39 is 5.91 Å². The van der Waals surface area contributed by atoms with Crippen molar-refractivity contribution in [1.29, 1.82) is 5.41 Å². The Hall–Kier alpha value is -2.63. The molecule has 2 aliphatic rings. The zero-order valence-electron chi connectivity index (χ0n) is 17.7. The minimum Gasteiger partial charge on any atom is -0.382 e. The van der Waals surface area contributed by atoms with Crippen LogP contribution < -0.4 is 16.4 Å². The molecule has 1 aromatic carbocycles. The molecule has 29 heavy (non-hydrogen) atoms. The van der Waals surface area contributed by atoms with Gasteiger partial charge in [-0.15, -0.1) is 0 Å². The fourth-order valence-electron chi connectivity index (χ4n) is 4.46. The van der Waals surface area contributed by atoms with Gasteiger partial charge in [0.1, 0.15) is 0 Å². The van der Waals surface area contributed by atoms with Crippen molar-refractivity contribution in [2.24, 2.45) is 11.1 Å². The standard InChI is InChI=1S/C23H32N4O2/c1-14(24)21-19(12-23(2,3)13-20(21)28)27-16-9-10-17(22(25)29)18(11-16)26-15-7-5-4-6-8-15/h9-11,15,24,26-27H,4-8,12-13H2,1-3H3,(H2,25,29). The number of Topliss-reactive ketones (excluding diaryl/α,β-unsaturated/α-hetero) is 1. The van der Waals surface area contributed by atoms with E-state index in [9.17, 15) is 9.59 Å². The maximum atomic E-state index is 12.6. The van der Waals surface area contributed by atoms with Gasteiger partial charge >= 0.3 is 0 Å². The lowest BCUT2D eigenvalue weighted by Crippen LogP contribution is -2.30. The number of nitrogens with one attached hydrogen (secondary N) is 3. The van der Waals surface area contributed by atoms with Crippen LogP contribution in [0.3, 0.4) is 0 Å². The van der Waals surface area contributed by atoms with Gasteiger partial charge in [-0.05, 0) is 49.8 Å². The number of hydrogen-bond donors (Lipinski definition) is 4. The fraction of sp³-hybridized carbons (Fsp3) is 0.522. The molecule has 0 aromatic heterocycles. The van der Waals surface area contributed by atoms with Crippen molar-refractivity contribution >= 4 is 28.8 Å². The van der Waals surface area contributed by atoms with E-state index in [-0.39, 0.29) is 16.9 Å². The van der Waals surface area contributed by atoms with Crippen molar-refractivity contribution < 1.29 is 9.59 Å². The highest BCUT2D eigenvalue weighted by molar-refractivity contribution is 6.22. The number of carbonyl (C=O) groups excluding carboxylic acids is 2. The van der Waals surface area contributed by atoms with E-state index in [1.807, 2.05) is 12.1 Å². The Labute approximate surface area is 172 Å². The molecule has 1 fully saturated rings. The average Bonchev–Trinajstić information content (AvgIpc) is 2.60. The number of amides is 1. The second-order valence-corrected chi connectivity index (χ2v) is 9.15. The summed E-state index contributed by atoms with van der Waals surface area (Å²) in [4.78, 5) is 24.5. The third kappa shape index (κ3) is 5.05. The highest BCUT2D eigenvalue weighted by Gasteiger charge is 2.33. The van der Waals surface area contributed by atoms with Crippen molar-refractivity contribution in [2.75, 3.05) is 10.6 Å². The molecular formula is C23H32N4O2. The summed E-state index contributed by atoms with van der Waals surface area (Å²) in [6, 6.07) is 5.77. The molecule has 0 bridgehead atoms. The van der Waals surface area contributed by atoms with Crippen molar-refractivity contribution in [3.63, 3.8) is 0 Å². The van der Waals surface area contributed by atoms with Crippen LogP contribution >= 0.6 is 0 Å². The summed E-state index contributed by atoms with van der Waals surface area (Å²) in [6.07, 6.45) is 6.93. The first-order chi connectivity index (χ1) is 13.7. The Balaban J connectivity index is 1.92. The van der Waals surface area contributed by atoms with Crippen molar-refractivity contribution in [1.82, 2.24) is 0 Å². The summed E-state index contributed by atoms with van der Waals surface area (Å²) in [6.45, 7) is 5.78. The molecule has 0 unspecified atom stereocenters. The number of rotatable bonds is 6. The monoisotopic (exact) mass is 396 g/mol. The summed E-state index contributed by atoms with van der Waals surface area (Å²) in [5.41, 5.74) is 8.94. The Morgan fingerprint density at radius 1 is 1.17 bits per heavy atom. The SMILES string of the molecule is CC(=N)C1=C(Nc2ccc(C(N)=O)c(NC3CCCCC3)c2)CC(C)(C)CC1=O. The summed E-state index contributed by atoms with van der Waals surface area (Å²) in [7, 11) is 0. The van der Waals surface area contributed by atoms with Gasteiger partial charge in [0, 0.05) is 35.2 Å². The van der Waals surface area contributed by atoms with Gasteiger partial charge in [0.15, 0.2) is 5.78 Å². The van der Waals surface area contributed by atoms with Crippen molar-refractivity contribution in [3.8, 4) is 0 Å². The molecular weight excluding hydrogens is 364 g/mol. The van der Waals surface area contributed by atoms with Crippen molar-refractivity contribution in [2.45, 2.75) is 71.8 Å². The summed E-state index contributed by atoms with van der Waals surface area (Å²) >= 11 is 0. The maximum absolute atomic E-state index is 12.6. The van der Waals surface area contributed by atoms with Gasteiger partial charge < -0.3 is 21.8 Å². The van der Waals surface area contributed by atoms with E-state index in [4.69, 9.17) is 11.1 Å². The predicted molar refractivity (Wildman–Crippen MR) is 118 cm³/mol. The average molecular weight is 397 g/mol. The minimum absolute atomic E-state index is 0.00515. The number of primary amides is 1. The highest BCUT2D eigenvalue weighted by Crippen LogP contribution is 2.38. The molecule has 0 heterocycles. The lowest BCUT2D eigenvalue weighted by atomic mass is 9.75. The quantitative estimate of drug-likeness (QED) is 0.526. The van der Waals surface area contributed by atoms with Crippen LogP contribution in [0.4, 0.5) is 11.4 Å². The van der Waals surface area contributed by atoms with E-state index >= 15 is 0 Å². The number of ketones is 1. The number of allylic oxidation sites excluding steroid dienone is 2. The smallest absolute Gasteiger partial charge is 0.250 e. The van der Waals surface area contributed by atoms with Gasteiger partial charge in [-0.3, -0.25) is 9.59 Å². The van der Waals surface area contributed by atoms with E-state index in [0.717, 1.165) is 29.9 Å². The molecule has 0 radical (unpaired) electrons. The number of carbonyl (C=O) groups is 2. The van der Waals surface area contributed by atoms with Crippen LogP contribution in [0.5, 0.6) is 0 Å². The van der Waals surface area contributed by atoms with E-state index in [0.29, 0.717) is 30.0 Å². The fourth-order valence-corrected chi connectivity index (χ4v) is 4.46. The maximum Gasteiger partial charge on any atom is 0.250 e. The third-order valence-corrected chi connectivity index (χ3v) is 5.80. The third-order valence-electron chi connectivity index (χ3n) is 5.80. The zero-order chi connectivity index (χ0) is 21.2. The molecule has 0 atom stereocenters. The minimum atomic E-state index is -0.459. The molecule has 0 aliphatic heterocycles. The van der Waals surface area contributed by atoms with E-state index in [2.05, 4.69) is 24.5 Å². The van der Waals surface area contributed by atoms with Crippen LogP contribution in [-0.2, 0) is 4.79 Å². The molecule has 1 amide bonds. The molecule has 1 aromatic rings. The molecule has 6 heteroatoms.